The molecule has 1 aromatic carbocycles. The third-order valence-corrected chi connectivity index (χ3v) is 2.37. The fourth-order valence-corrected chi connectivity index (χ4v) is 1.39. The van der Waals surface area contributed by atoms with Crippen LogP contribution < -0.4 is 11.1 Å². The number of amides is 2. The first-order chi connectivity index (χ1) is 8.50. The van der Waals surface area contributed by atoms with Gasteiger partial charge in [-0.3, -0.25) is 9.59 Å². The van der Waals surface area contributed by atoms with Gasteiger partial charge in [0.15, 0.2) is 11.5 Å². The van der Waals surface area contributed by atoms with Crippen molar-refractivity contribution in [1.82, 2.24) is 5.32 Å². The van der Waals surface area contributed by atoms with Crippen molar-refractivity contribution in [3.63, 3.8) is 0 Å². The van der Waals surface area contributed by atoms with Crippen molar-refractivity contribution in [2.45, 2.75) is 19.3 Å². The van der Waals surface area contributed by atoms with Crippen molar-refractivity contribution in [1.29, 1.82) is 0 Å². The third kappa shape index (κ3) is 4.32. The molecule has 0 unspecified atom stereocenters. The molecule has 0 heterocycles. The number of hydrogen-bond donors (Lipinski definition) is 4. The number of benzene rings is 1. The van der Waals surface area contributed by atoms with E-state index in [9.17, 15) is 14.7 Å². The Kier molecular flexibility index (Phi) is 4.98. The number of phenolic OH excluding ortho intramolecular Hbond substituents is 2. The van der Waals surface area contributed by atoms with Crippen molar-refractivity contribution >= 4 is 11.8 Å². The molecule has 0 atom stereocenters. The minimum atomic E-state index is -0.357. The molecule has 18 heavy (non-hydrogen) atoms. The van der Waals surface area contributed by atoms with Crippen molar-refractivity contribution in [3.8, 4) is 11.5 Å². The van der Waals surface area contributed by atoms with E-state index in [-0.39, 0.29) is 28.9 Å². The van der Waals surface area contributed by atoms with E-state index in [1.54, 1.807) is 0 Å². The predicted molar refractivity (Wildman–Crippen MR) is 65.2 cm³/mol. The predicted octanol–water partition coefficient (Wildman–Crippen LogP) is 0.483. The lowest BCUT2D eigenvalue weighted by Crippen LogP contribution is -2.24. The number of primary amides is 1. The summed E-state index contributed by atoms with van der Waals surface area (Å²) in [6.07, 6.45) is 1.57. The van der Waals surface area contributed by atoms with Crippen molar-refractivity contribution in [2.75, 3.05) is 6.54 Å². The highest BCUT2D eigenvalue weighted by Gasteiger charge is 2.07. The number of unbranched alkanes of at least 4 members (excludes halogenated alkanes) is 1. The van der Waals surface area contributed by atoms with Gasteiger partial charge >= 0.3 is 0 Å². The summed E-state index contributed by atoms with van der Waals surface area (Å²) in [5.74, 6) is -1.31. The van der Waals surface area contributed by atoms with Gasteiger partial charge in [0, 0.05) is 18.5 Å². The largest absolute Gasteiger partial charge is 0.504 e. The molecule has 0 fully saturated rings. The lowest BCUT2D eigenvalue weighted by Gasteiger charge is -2.05. The van der Waals surface area contributed by atoms with E-state index in [2.05, 4.69) is 5.32 Å². The second-order valence-corrected chi connectivity index (χ2v) is 3.88. The zero-order chi connectivity index (χ0) is 13.5. The smallest absolute Gasteiger partial charge is 0.251 e. The fourth-order valence-electron chi connectivity index (χ4n) is 1.39. The van der Waals surface area contributed by atoms with E-state index in [1.807, 2.05) is 0 Å². The van der Waals surface area contributed by atoms with Crippen LogP contribution in [0.15, 0.2) is 18.2 Å². The SMILES string of the molecule is NC(=O)CCCCNC(=O)c1ccc(O)c(O)c1. The van der Waals surface area contributed by atoms with Crippen LogP contribution in [0.1, 0.15) is 29.6 Å². The molecule has 98 valence electrons. The molecule has 0 saturated heterocycles. The molecule has 0 spiro atoms. The zero-order valence-corrected chi connectivity index (χ0v) is 9.85. The highest BCUT2D eigenvalue weighted by Crippen LogP contribution is 2.24. The monoisotopic (exact) mass is 252 g/mol. The summed E-state index contributed by atoms with van der Waals surface area (Å²) in [5, 5.41) is 21.0. The van der Waals surface area contributed by atoms with Crippen LogP contribution in [0, 0.1) is 0 Å². The number of carbonyl (C=O) groups excluding carboxylic acids is 2. The van der Waals surface area contributed by atoms with Crippen molar-refractivity contribution in [3.05, 3.63) is 23.8 Å². The van der Waals surface area contributed by atoms with Gasteiger partial charge in [0.25, 0.3) is 5.91 Å². The summed E-state index contributed by atoms with van der Waals surface area (Å²) in [6.45, 7) is 0.424. The number of hydrogen-bond acceptors (Lipinski definition) is 4. The highest BCUT2D eigenvalue weighted by molar-refractivity contribution is 5.94. The van der Waals surface area contributed by atoms with Crippen LogP contribution in [-0.4, -0.2) is 28.6 Å². The van der Waals surface area contributed by atoms with Crippen molar-refractivity contribution in [2.24, 2.45) is 5.73 Å². The second-order valence-electron chi connectivity index (χ2n) is 3.88. The van der Waals surface area contributed by atoms with Crippen LogP contribution in [0.25, 0.3) is 0 Å². The highest BCUT2D eigenvalue weighted by atomic mass is 16.3. The Morgan fingerprint density at radius 1 is 1.17 bits per heavy atom. The summed E-state index contributed by atoms with van der Waals surface area (Å²) in [4.78, 5) is 22.1. The van der Waals surface area contributed by atoms with E-state index in [0.29, 0.717) is 25.8 Å². The van der Waals surface area contributed by atoms with Gasteiger partial charge in [-0.15, -0.1) is 0 Å². The van der Waals surface area contributed by atoms with E-state index in [4.69, 9.17) is 10.8 Å². The normalized spacial score (nSPS) is 10.0. The van der Waals surface area contributed by atoms with Crippen LogP contribution in [0.3, 0.4) is 0 Å². The molecule has 6 heteroatoms. The summed E-state index contributed by atoms with van der Waals surface area (Å²) >= 11 is 0. The number of rotatable bonds is 6. The molecule has 1 aromatic rings. The molecular formula is C12H16N2O4. The summed E-state index contributed by atoms with van der Waals surface area (Å²) < 4.78 is 0. The van der Waals surface area contributed by atoms with Crippen molar-refractivity contribution < 1.29 is 19.8 Å². The van der Waals surface area contributed by atoms with Gasteiger partial charge in [-0.1, -0.05) is 0 Å². The number of nitrogens with two attached hydrogens (primary N) is 1. The average molecular weight is 252 g/mol. The maximum atomic E-state index is 11.6. The van der Waals surface area contributed by atoms with E-state index in [1.165, 1.54) is 18.2 Å². The van der Waals surface area contributed by atoms with Crippen LogP contribution >= 0.6 is 0 Å². The van der Waals surface area contributed by atoms with Gasteiger partial charge in [-0.2, -0.15) is 0 Å². The molecular weight excluding hydrogens is 236 g/mol. The number of phenols is 2. The van der Waals surface area contributed by atoms with Gasteiger partial charge in [0.1, 0.15) is 0 Å². The first kappa shape index (κ1) is 13.8. The zero-order valence-electron chi connectivity index (χ0n) is 9.85. The lowest BCUT2D eigenvalue weighted by atomic mass is 10.2. The minimum absolute atomic E-state index is 0.264. The van der Waals surface area contributed by atoms with Crippen LogP contribution in [0.4, 0.5) is 0 Å². The maximum absolute atomic E-state index is 11.6. The van der Waals surface area contributed by atoms with Gasteiger partial charge in [-0.05, 0) is 31.0 Å². The quantitative estimate of drug-likeness (QED) is 0.435. The van der Waals surface area contributed by atoms with Gasteiger partial charge in [-0.25, -0.2) is 0 Å². The molecule has 0 aliphatic heterocycles. The van der Waals surface area contributed by atoms with Gasteiger partial charge in [0.05, 0.1) is 0 Å². The molecule has 0 aliphatic rings. The van der Waals surface area contributed by atoms with Gasteiger partial charge < -0.3 is 21.3 Å². The molecule has 0 bridgehead atoms. The lowest BCUT2D eigenvalue weighted by molar-refractivity contribution is -0.118. The third-order valence-electron chi connectivity index (χ3n) is 2.37. The Hall–Kier alpha value is -2.24. The Morgan fingerprint density at radius 3 is 2.50 bits per heavy atom. The first-order valence-electron chi connectivity index (χ1n) is 5.59. The molecule has 2 amide bonds. The van der Waals surface area contributed by atoms with E-state index in [0.717, 1.165) is 0 Å². The average Bonchev–Trinajstić information content (AvgIpc) is 2.31. The Morgan fingerprint density at radius 2 is 1.89 bits per heavy atom. The molecule has 0 saturated carbocycles. The second kappa shape index (κ2) is 6.48. The fraction of sp³-hybridized carbons (Fsp3) is 0.333. The molecule has 5 N–H and O–H groups in total. The Balaban J connectivity index is 2.36. The Bertz CT molecular complexity index is 446. The first-order valence-corrected chi connectivity index (χ1v) is 5.59. The van der Waals surface area contributed by atoms with Crippen LogP contribution in [0.5, 0.6) is 11.5 Å². The number of aromatic hydroxyl groups is 2. The maximum Gasteiger partial charge on any atom is 0.251 e. The topological polar surface area (TPSA) is 113 Å². The molecule has 0 aliphatic carbocycles. The van der Waals surface area contributed by atoms with Crippen LogP contribution in [0.2, 0.25) is 0 Å². The molecule has 0 aromatic heterocycles. The molecule has 1 rings (SSSR count). The van der Waals surface area contributed by atoms with Crippen LogP contribution in [-0.2, 0) is 4.79 Å². The summed E-state index contributed by atoms with van der Waals surface area (Å²) in [5.41, 5.74) is 5.24. The molecule has 0 radical (unpaired) electrons. The minimum Gasteiger partial charge on any atom is -0.504 e. The van der Waals surface area contributed by atoms with E-state index < -0.39 is 0 Å². The number of nitrogens with one attached hydrogen (secondary N) is 1. The standard InChI is InChI=1S/C12H16N2O4/c13-11(17)3-1-2-6-14-12(18)8-4-5-9(15)10(16)7-8/h4-5,7,15-16H,1-3,6H2,(H2,13,17)(H,14,18). The molecule has 6 nitrogen and oxygen atoms in total. The summed E-state index contributed by atoms with van der Waals surface area (Å²) in [7, 11) is 0. The number of carbonyl (C=O) groups is 2. The van der Waals surface area contributed by atoms with E-state index >= 15 is 0 Å². The van der Waals surface area contributed by atoms with Gasteiger partial charge in [0.2, 0.25) is 5.91 Å². The summed E-state index contributed by atoms with van der Waals surface area (Å²) in [6, 6.07) is 3.85. The Labute approximate surface area is 104 Å².